The highest BCUT2D eigenvalue weighted by Gasteiger charge is 2.23. The molecule has 0 aliphatic carbocycles. The lowest BCUT2D eigenvalue weighted by Crippen LogP contribution is -2.15. The van der Waals surface area contributed by atoms with Gasteiger partial charge in [0.1, 0.15) is 17.0 Å². The third-order valence-electron chi connectivity index (χ3n) is 3.46. The number of sulfonamides is 1. The third-order valence-corrected chi connectivity index (χ3v) is 4.89. The van der Waals surface area contributed by atoms with Crippen LogP contribution in [-0.4, -0.2) is 19.7 Å². The molecule has 0 bridgehead atoms. The van der Waals surface area contributed by atoms with Crippen molar-refractivity contribution >= 4 is 22.0 Å². The average Bonchev–Trinajstić information content (AvgIpc) is 2.94. The minimum atomic E-state index is -4.03. The Bertz CT molecular complexity index is 898. The van der Waals surface area contributed by atoms with Crippen LogP contribution in [0.5, 0.6) is 0 Å². The number of H-pyrrole nitrogens is 1. The lowest BCUT2D eigenvalue weighted by atomic mass is 10.1. The van der Waals surface area contributed by atoms with Crippen molar-refractivity contribution in [3.05, 3.63) is 47.0 Å². The second-order valence-electron chi connectivity index (χ2n) is 5.14. The SMILES string of the molecule is CCCc1c(S(=O)(=O)Nc2ccc(C#N)cc2F)c[nH]c1CC=O. The van der Waals surface area contributed by atoms with Gasteiger partial charge in [0.15, 0.2) is 0 Å². The van der Waals surface area contributed by atoms with Gasteiger partial charge in [0.2, 0.25) is 0 Å². The lowest BCUT2D eigenvalue weighted by Gasteiger charge is -2.10. The van der Waals surface area contributed by atoms with E-state index in [4.69, 9.17) is 5.26 Å². The van der Waals surface area contributed by atoms with Gasteiger partial charge in [-0.1, -0.05) is 13.3 Å². The molecule has 2 N–H and O–H groups in total. The van der Waals surface area contributed by atoms with Gasteiger partial charge in [-0.05, 0) is 30.2 Å². The molecule has 0 saturated carbocycles. The Morgan fingerprint density at radius 1 is 1.42 bits per heavy atom. The zero-order chi connectivity index (χ0) is 17.7. The predicted molar refractivity (Wildman–Crippen MR) is 86.5 cm³/mol. The normalized spacial score (nSPS) is 11.0. The van der Waals surface area contributed by atoms with Gasteiger partial charge in [0.25, 0.3) is 10.0 Å². The number of anilines is 1. The number of hydrogen-bond donors (Lipinski definition) is 2. The molecule has 2 aromatic rings. The Labute approximate surface area is 139 Å². The van der Waals surface area contributed by atoms with Gasteiger partial charge in [0, 0.05) is 18.3 Å². The molecule has 0 aliphatic rings. The molecule has 0 unspecified atom stereocenters. The molecule has 2 rings (SSSR count). The minimum Gasteiger partial charge on any atom is -0.363 e. The van der Waals surface area contributed by atoms with Gasteiger partial charge >= 0.3 is 0 Å². The van der Waals surface area contributed by atoms with Crippen LogP contribution in [0.25, 0.3) is 0 Å². The summed E-state index contributed by atoms with van der Waals surface area (Å²) >= 11 is 0. The van der Waals surface area contributed by atoms with Crippen LogP contribution in [0.4, 0.5) is 10.1 Å². The monoisotopic (exact) mass is 349 g/mol. The van der Waals surface area contributed by atoms with Crippen molar-refractivity contribution in [2.24, 2.45) is 0 Å². The van der Waals surface area contributed by atoms with Gasteiger partial charge < -0.3 is 9.78 Å². The molecular formula is C16H16FN3O3S. The first-order chi connectivity index (χ1) is 11.4. The van der Waals surface area contributed by atoms with Crippen molar-refractivity contribution in [3.63, 3.8) is 0 Å². The first kappa shape index (κ1) is 17.7. The van der Waals surface area contributed by atoms with Crippen molar-refractivity contribution < 1.29 is 17.6 Å². The molecule has 0 spiro atoms. The van der Waals surface area contributed by atoms with Crippen molar-refractivity contribution in [3.8, 4) is 6.07 Å². The number of nitrogens with one attached hydrogen (secondary N) is 2. The fourth-order valence-electron chi connectivity index (χ4n) is 2.37. The highest BCUT2D eigenvalue weighted by molar-refractivity contribution is 7.92. The first-order valence-corrected chi connectivity index (χ1v) is 8.76. The quantitative estimate of drug-likeness (QED) is 0.750. The van der Waals surface area contributed by atoms with Crippen LogP contribution in [0.3, 0.4) is 0 Å². The highest BCUT2D eigenvalue weighted by Crippen LogP contribution is 2.25. The van der Waals surface area contributed by atoms with Crippen molar-refractivity contribution in [2.45, 2.75) is 31.1 Å². The summed E-state index contributed by atoms with van der Waals surface area (Å²) in [5.74, 6) is -0.835. The van der Waals surface area contributed by atoms with E-state index >= 15 is 0 Å². The topological polar surface area (TPSA) is 103 Å². The van der Waals surface area contributed by atoms with E-state index in [1.54, 1.807) is 6.07 Å². The number of carbonyl (C=O) groups excluding carboxylic acids is 1. The standard InChI is InChI=1S/C16H16FN3O3S/c1-2-3-12-14(6-7-21)19-10-16(12)24(22,23)20-15-5-4-11(9-18)8-13(15)17/h4-5,7-8,10,19-20H,2-3,6H2,1H3. The molecule has 0 saturated heterocycles. The summed E-state index contributed by atoms with van der Waals surface area (Å²) in [6, 6.07) is 5.26. The van der Waals surface area contributed by atoms with E-state index in [-0.39, 0.29) is 22.6 Å². The maximum absolute atomic E-state index is 13.9. The van der Waals surface area contributed by atoms with Gasteiger partial charge in [-0.2, -0.15) is 5.26 Å². The molecule has 0 atom stereocenters. The minimum absolute atomic E-state index is 0.00930. The van der Waals surface area contributed by atoms with Gasteiger partial charge in [-0.25, -0.2) is 12.8 Å². The van der Waals surface area contributed by atoms with Crippen LogP contribution in [0, 0.1) is 17.1 Å². The van der Waals surface area contributed by atoms with Crippen LogP contribution >= 0.6 is 0 Å². The highest BCUT2D eigenvalue weighted by atomic mass is 32.2. The number of hydrogen-bond acceptors (Lipinski definition) is 4. The fourth-order valence-corrected chi connectivity index (χ4v) is 3.70. The molecule has 6 nitrogen and oxygen atoms in total. The van der Waals surface area contributed by atoms with Gasteiger partial charge in [0.05, 0.1) is 17.3 Å². The first-order valence-electron chi connectivity index (χ1n) is 7.28. The maximum Gasteiger partial charge on any atom is 0.263 e. The largest absolute Gasteiger partial charge is 0.363 e. The second kappa shape index (κ2) is 7.27. The van der Waals surface area contributed by atoms with Crippen molar-refractivity contribution in [1.29, 1.82) is 5.26 Å². The molecular weight excluding hydrogens is 333 g/mol. The number of aromatic nitrogens is 1. The van der Waals surface area contributed by atoms with E-state index in [9.17, 15) is 17.6 Å². The van der Waals surface area contributed by atoms with Crippen LogP contribution in [-0.2, 0) is 27.7 Å². The number of nitrogens with zero attached hydrogens (tertiary/aromatic N) is 1. The van der Waals surface area contributed by atoms with Crippen LogP contribution < -0.4 is 4.72 Å². The Hall–Kier alpha value is -2.66. The molecule has 0 fully saturated rings. The van der Waals surface area contributed by atoms with Crippen LogP contribution in [0.15, 0.2) is 29.3 Å². The van der Waals surface area contributed by atoms with Gasteiger partial charge in [-0.15, -0.1) is 0 Å². The summed E-state index contributed by atoms with van der Waals surface area (Å²) < 4.78 is 41.3. The van der Waals surface area contributed by atoms with Crippen molar-refractivity contribution in [1.82, 2.24) is 4.98 Å². The Kier molecular flexibility index (Phi) is 5.36. The number of aldehydes is 1. The zero-order valence-electron chi connectivity index (χ0n) is 13.0. The van der Waals surface area contributed by atoms with Crippen LogP contribution in [0.2, 0.25) is 0 Å². The molecule has 0 amide bonds. The molecule has 0 radical (unpaired) electrons. The van der Waals surface area contributed by atoms with E-state index in [1.165, 1.54) is 18.3 Å². The van der Waals surface area contributed by atoms with Crippen LogP contribution in [0.1, 0.15) is 30.2 Å². The Balaban J connectivity index is 2.41. The zero-order valence-corrected chi connectivity index (χ0v) is 13.8. The summed E-state index contributed by atoms with van der Waals surface area (Å²) in [5.41, 5.74) is 0.908. The van der Waals surface area contributed by atoms with E-state index in [2.05, 4.69) is 9.71 Å². The summed E-state index contributed by atoms with van der Waals surface area (Å²) in [7, 11) is -4.03. The van der Waals surface area contributed by atoms with E-state index in [1.807, 2.05) is 6.92 Å². The summed E-state index contributed by atoms with van der Waals surface area (Å²) in [6.07, 6.45) is 3.23. The Morgan fingerprint density at radius 3 is 2.75 bits per heavy atom. The lowest BCUT2D eigenvalue weighted by molar-refractivity contribution is -0.107. The number of rotatable bonds is 7. The van der Waals surface area contributed by atoms with E-state index in [0.717, 1.165) is 6.07 Å². The number of carbonyl (C=O) groups is 1. The second-order valence-corrected chi connectivity index (χ2v) is 6.79. The van der Waals surface area contributed by atoms with E-state index < -0.39 is 15.8 Å². The molecule has 1 heterocycles. The number of nitriles is 1. The smallest absolute Gasteiger partial charge is 0.263 e. The summed E-state index contributed by atoms with van der Waals surface area (Å²) in [4.78, 5) is 13.5. The molecule has 8 heteroatoms. The fraction of sp³-hybridized carbons (Fsp3) is 0.250. The number of benzene rings is 1. The number of aromatic amines is 1. The van der Waals surface area contributed by atoms with E-state index in [0.29, 0.717) is 30.4 Å². The third kappa shape index (κ3) is 3.63. The predicted octanol–water partition coefficient (Wildman–Crippen LogP) is 2.52. The molecule has 126 valence electrons. The average molecular weight is 349 g/mol. The summed E-state index contributed by atoms with van der Waals surface area (Å²) in [6.45, 7) is 1.89. The van der Waals surface area contributed by atoms with Gasteiger partial charge in [-0.3, -0.25) is 4.72 Å². The molecule has 1 aromatic heterocycles. The van der Waals surface area contributed by atoms with Crippen molar-refractivity contribution in [2.75, 3.05) is 4.72 Å². The molecule has 0 aliphatic heterocycles. The molecule has 24 heavy (non-hydrogen) atoms. The number of halogens is 1. The molecule has 1 aromatic carbocycles. The maximum atomic E-state index is 13.9. The Morgan fingerprint density at radius 2 is 2.17 bits per heavy atom. The summed E-state index contributed by atoms with van der Waals surface area (Å²) in [5, 5.41) is 8.72.